The molecular weight excluding hydrogens is 162 g/mol. The van der Waals surface area contributed by atoms with Gasteiger partial charge in [-0.15, -0.1) is 0 Å². The summed E-state index contributed by atoms with van der Waals surface area (Å²) in [6.07, 6.45) is 6.91. The number of imidazole rings is 1. The molecule has 1 rings (SSSR count). The summed E-state index contributed by atoms with van der Waals surface area (Å²) < 4.78 is 2.12. The second-order valence-electron chi connectivity index (χ2n) is 3.57. The van der Waals surface area contributed by atoms with Crippen molar-refractivity contribution in [1.29, 1.82) is 0 Å². The fraction of sp³-hybridized carbons (Fsp3) is 0.700. The van der Waals surface area contributed by atoms with E-state index in [9.17, 15) is 0 Å². The molecule has 13 heavy (non-hydrogen) atoms. The molecule has 1 atom stereocenters. The second-order valence-corrected chi connectivity index (χ2v) is 3.57. The van der Waals surface area contributed by atoms with Crippen LogP contribution in [0, 0.1) is 5.92 Å². The Kier molecular flexibility index (Phi) is 4.54. The van der Waals surface area contributed by atoms with Crippen molar-refractivity contribution >= 4 is 0 Å². The summed E-state index contributed by atoms with van der Waals surface area (Å²) in [7, 11) is 0. The zero-order valence-electron chi connectivity index (χ0n) is 8.53. The van der Waals surface area contributed by atoms with E-state index in [1.54, 1.807) is 0 Å². The molecule has 1 heterocycles. The van der Waals surface area contributed by atoms with Crippen molar-refractivity contribution in [2.24, 2.45) is 5.92 Å². The Hall–Kier alpha value is -0.830. The minimum absolute atomic E-state index is 0.667. The third-order valence-electron chi connectivity index (χ3n) is 2.00. The van der Waals surface area contributed by atoms with E-state index in [0.717, 1.165) is 19.6 Å². The van der Waals surface area contributed by atoms with Gasteiger partial charge in [-0.05, 0) is 25.4 Å². The lowest BCUT2D eigenvalue weighted by molar-refractivity contribution is 0.446. The minimum atomic E-state index is 0.667. The van der Waals surface area contributed by atoms with Crippen LogP contribution in [0.4, 0.5) is 0 Å². The maximum Gasteiger partial charge on any atom is 0.0946 e. The van der Waals surface area contributed by atoms with Crippen LogP contribution < -0.4 is 5.32 Å². The summed E-state index contributed by atoms with van der Waals surface area (Å²) in [6.45, 7) is 7.70. The topological polar surface area (TPSA) is 29.9 Å². The Bertz CT molecular complexity index is 206. The average molecular weight is 181 g/mol. The number of nitrogens with zero attached hydrogens (tertiary/aromatic N) is 2. The van der Waals surface area contributed by atoms with Gasteiger partial charge in [-0.1, -0.05) is 13.8 Å². The Balaban J connectivity index is 2.14. The molecule has 1 N–H and O–H groups in total. The van der Waals surface area contributed by atoms with E-state index < -0.39 is 0 Å². The highest BCUT2D eigenvalue weighted by Gasteiger charge is 2.01. The predicted octanol–water partition coefficient (Wildman–Crippen LogP) is 1.52. The molecule has 0 saturated carbocycles. The molecule has 0 amide bonds. The first-order chi connectivity index (χ1) is 6.33. The van der Waals surface area contributed by atoms with Gasteiger partial charge in [0.05, 0.1) is 6.33 Å². The smallest absolute Gasteiger partial charge is 0.0946 e. The number of rotatable bonds is 6. The van der Waals surface area contributed by atoms with Gasteiger partial charge in [0.25, 0.3) is 0 Å². The number of hydrogen-bond acceptors (Lipinski definition) is 2. The molecule has 3 nitrogen and oxygen atoms in total. The molecule has 74 valence electrons. The van der Waals surface area contributed by atoms with E-state index in [2.05, 4.69) is 28.7 Å². The number of aromatic nitrogens is 2. The Morgan fingerprint density at radius 3 is 3.00 bits per heavy atom. The third-order valence-corrected chi connectivity index (χ3v) is 2.00. The molecule has 0 saturated heterocycles. The normalized spacial score (nSPS) is 13.1. The summed E-state index contributed by atoms with van der Waals surface area (Å²) >= 11 is 0. The van der Waals surface area contributed by atoms with Crippen LogP contribution in [0.1, 0.15) is 20.3 Å². The van der Waals surface area contributed by atoms with Crippen molar-refractivity contribution in [3.63, 3.8) is 0 Å². The molecule has 0 aliphatic rings. The fourth-order valence-electron chi connectivity index (χ4n) is 1.34. The molecular formula is C10H19N3. The maximum absolute atomic E-state index is 4.01. The van der Waals surface area contributed by atoms with Crippen molar-refractivity contribution in [2.75, 3.05) is 13.1 Å². The van der Waals surface area contributed by atoms with Gasteiger partial charge in [0.2, 0.25) is 0 Å². The van der Waals surface area contributed by atoms with Crippen LogP contribution in [0.25, 0.3) is 0 Å². The van der Waals surface area contributed by atoms with E-state index in [1.165, 1.54) is 6.42 Å². The molecule has 1 aromatic rings. The lowest BCUT2D eigenvalue weighted by Crippen LogP contribution is -2.24. The third kappa shape index (κ3) is 4.08. The second kappa shape index (κ2) is 5.75. The van der Waals surface area contributed by atoms with Gasteiger partial charge in [0.1, 0.15) is 0 Å². The molecule has 0 aromatic carbocycles. The van der Waals surface area contributed by atoms with E-state index in [0.29, 0.717) is 5.92 Å². The Labute approximate surface area is 80.2 Å². The van der Waals surface area contributed by atoms with Gasteiger partial charge in [0, 0.05) is 18.9 Å². The Morgan fingerprint density at radius 1 is 1.54 bits per heavy atom. The highest BCUT2D eigenvalue weighted by atomic mass is 15.0. The molecule has 3 heteroatoms. The molecule has 0 fully saturated rings. The SMILES string of the molecule is CCCNCC(C)Cn1ccnc1. The quantitative estimate of drug-likeness (QED) is 0.674. The summed E-state index contributed by atoms with van der Waals surface area (Å²) in [6, 6.07) is 0. The van der Waals surface area contributed by atoms with Crippen molar-refractivity contribution < 1.29 is 0 Å². The van der Waals surface area contributed by atoms with Gasteiger partial charge in [-0.3, -0.25) is 0 Å². The van der Waals surface area contributed by atoms with E-state index >= 15 is 0 Å². The highest BCUT2D eigenvalue weighted by molar-refractivity contribution is 4.75. The fourth-order valence-corrected chi connectivity index (χ4v) is 1.34. The summed E-state index contributed by atoms with van der Waals surface area (Å²) in [5.74, 6) is 0.667. The average Bonchev–Trinajstić information content (AvgIpc) is 2.57. The van der Waals surface area contributed by atoms with Crippen molar-refractivity contribution in [3.8, 4) is 0 Å². The summed E-state index contributed by atoms with van der Waals surface area (Å²) in [4.78, 5) is 4.01. The van der Waals surface area contributed by atoms with Crippen LogP contribution in [-0.4, -0.2) is 22.6 Å². The highest BCUT2D eigenvalue weighted by Crippen LogP contribution is 1.98. The monoisotopic (exact) mass is 181 g/mol. The van der Waals surface area contributed by atoms with Gasteiger partial charge in [0.15, 0.2) is 0 Å². The lowest BCUT2D eigenvalue weighted by atomic mass is 10.2. The largest absolute Gasteiger partial charge is 0.337 e. The molecule has 1 unspecified atom stereocenters. The van der Waals surface area contributed by atoms with E-state index in [4.69, 9.17) is 0 Å². The zero-order valence-corrected chi connectivity index (χ0v) is 8.53. The first kappa shape index (κ1) is 10.3. The number of nitrogens with one attached hydrogen (secondary N) is 1. The van der Waals surface area contributed by atoms with Crippen LogP contribution in [0.3, 0.4) is 0 Å². The lowest BCUT2D eigenvalue weighted by Gasteiger charge is -2.12. The first-order valence-electron chi connectivity index (χ1n) is 4.99. The van der Waals surface area contributed by atoms with Crippen molar-refractivity contribution in [2.45, 2.75) is 26.8 Å². The van der Waals surface area contributed by atoms with Crippen LogP contribution in [-0.2, 0) is 6.54 Å². The molecule has 0 aliphatic heterocycles. The van der Waals surface area contributed by atoms with Crippen LogP contribution >= 0.6 is 0 Å². The summed E-state index contributed by atoms with van der Waals surface area (Å²) in [5, 5.41) is 3.41. The predicted molar refractivity (Wildman–Crippen MR) is 54.6 cm³/mol. The molecule has 0 radical (unpaired) electrons. The number of hydrogen-bond donors (Lipinski definition) is 1. The van der Waals surface area contributed by atoms with Crippen molar-refractivity contribution in [3.05, 3.63) is 18.7 Å². The van der Waals surface area contributed by atoms with E-state index in [1.807, 2.05) is 18.7 Å². The first-order valence-corrected chi connectivity index (χ1v) is 4.99. The Morgan fingerprint density at radius 2 is 2.38 bits per heavy atom. The summed E-state index contributed by atoms with van der Waals surface area (Å²) in [5.41, 5.74) is 0. The van der Waals surface area contributed by atoms with Gasteiger partial charge in [-0.25, -0.2) is 4.98 Å². The zero-order chi connectivity index (χ0) is 9.52. The van der Waals surface area contributed by atoms with Crippen LogP contribution in [0.2, 0.25) is 0 Å². The molecule has 0 aliphatic carbocycles. The van der Waals surface area contributed by atoms with Crippen LogP contribution in [0.5, 0.6) is 0 Å². The van der Waals surface area contributed by atoms with Gasteiger partial charge in [-0.2, -0.15) is 0 Å². The van der Waals surface area contributed by atoms with E-state index in [-0.39, 0.29) is 0 Å². The van der Waals surface area contributed by atoms with Crippen molar-refractivity contribution in [1.82, 2.24) is 14.9 Å². The van der Waals surface area contributed by atoms with Crippen LogP contribution in [0.15, 0.2) is 18.7 Å². The minimum Gasteiger partial charge on any atom is -0.337 e. The van der Waals surface area contributed by atoms with Gasteiger partial charge < -0.3 is 9.88 Å². The molecule has 0 spiro atoms. The maximum atomic E-state index is 4.01. The molecule has 1 aromatic heterocycles. The molecule has 0 bridgehead atoms. The van der Waals surface area contributed by atoms with Gasteiger partial charge >= 0.3 is 0 Å². The standard InChI is InChI=1S/C10H19N3/c1-3-4-11-7-10(2)8-13-6-5-12-9-13/h5-6,9-11H,3-4,7-8H2,1-2H3.